The van der Waals surface area contributed by atoms with E-state index in [-0.39, 0.29) is 5.56 Å². The Labute approximate surface area is 140 Å². The van der Waals surface area contributed by atoms with E-state index in [0.717, 1.165) is 13.2 Å². The first-order valence-corrected chi connectivity index (χ1v) is 9.41. The fourth-order valence-corrected chi connectivity index (χ4v) is 3.48. The summed E-state index contributed by atoms with van der Waals surface area (Å²) >= 11 is 4.55. The monoisotopic (exact) mass is 406 g/mol. The van der Waals surface area contributed by atoms with Gasteiger partial charge < -0.3 is 0 Å². The van der Waals surface area contributed by atoms with Gasteiger partial charge in [0.25, 0.3) is 10.1 Å². The average Bonchev–Trinajstić information content (AvgIpc) is 2.46. The molecule has 0 atom stereocenters. The second-order valence-electron chi connectivity index (χ2n) is 4.24. The Hall–Kier alpha value is -1.03. The summed E-state index contributed by atoms with van der Waals surface area (Å²) in [4.78, 5) is 7.90. The summed E-state index contributed by atoms with van der Waals surface area (Å²) in [6.45, 7) is 1.76. The average molecular weight is 407 g/mol. The Morgan fingerprint density at radius 1 is 1.32 bits per heavy atom. The van der Waals surface area contributed by atoms with Gasteiger partial charge in [-0.3, -0.25) is 4.18 Å². The largest absolute Gasteiger partial charge is 0.299 e. The second-order valence-corrected chi connectivity index (χ2v) is 7.55. The quantitative estimate of drug-likeness (QED) is 0.440. The molecule has 0 bridgehead atoms. The van der Waals surface area contributed by atoms with Gasteiger partial charge in [-0.1, -0.05) is 11.8 Å². The molecule has 1 aromatic heterocycles. The first kappa shape index (κ1) is 17.3. The van der Waals surface area contributed by atoms with Crippen LogP contribution in [0.25, 0.3) is 11.3 Å². The summed E-state index contributed by atoms with van der Waals surface area (Å²) in [5.41, 5.74) is 1.01. The fourth-order valence-electron chi connectivity index (χ4n) is 1.81. The Kier molecular flexibility index (Phi) is 5.21. The van der Waals surface area contributed by atoms with Crippen molar-refractivity contribution in [2.24, 2.45) is 0 Å². The number of benzene rings is 1. The lowest BCUT2D eigenvalue weighted by Crippen LogP contribution is -2.07. The molecule has 5 nitrogen and oxygen atoms in total. The van der Waals surface area contributed by atoms with Gasteiger partial charge in [-0.15, -0.1) is 0 Å². The topological polar surface area (TPSA) is 69.2 Å². The molecule has 1 heterocycles. The lowest BCUT2D eigenvalue weighted by Gasteiger charge is -2.11. The molecule has 0 fully saturated rings. The molecule has 0 N–H and O–H groups in total. The summed E-state index contributed by atoms with van der Waals surface area (Å²) in [6.07, 6.45) is 1.80. The van der Waals surface area contributed by atoms with Crippen molar-refractivity contribution in [3.63, 3.8) is 0 Å². The molecule has 2 rings (SSSR count). The smallest absolute Gasteiger partial charge is 0.270 e. The van der Waals surface area contributed by atoms with E-state index >= 15 is 0 Å². The minimum atomic E-state index is -4.15. The summed E-state index contributed by atoms with van der Waals surface area (Å²) < 4.78 is 43.1. The highest BCUT2D eigenvalue weighted by atomic mass is 79.9. The molecule has 9 heteroatoms. The maximum atomic E-state index is 14.7. The fraction of sp³-hybridized carbons (Fsp3) is 0.231. The molecule has 0 aliphatic heterocycles. The first-order valence-electron chi connectivity index (χ1n) is 5.99. The number of nitrogens with zero attached hydrogens (tertiary/aromatic N) is 2. The van der Waals surface area contributed by atoms with Crippen molar-refractivity contribution in [1.29, 1.82) is 0 Å². The number of hydrogen-bond acceptors (Lipinski definition) is 6. The summed E-state index contributed by atoms with van der Waals surface area (Å²) in [6, 6.07) is 4.18. The first-order chi connectivity index (χ1) is 10.3. The molecule has 0 spiro atoms. The van der Waals surface area contributed by atoms with Crippen molar-refractivity contribution in [3.8, 4) is 11.3 Å². The van der Waals surface area contributed by atoms with E-state index in [4.69, 9.17) is 0 Å². The lowest BCUT2D eigenvalue weighted by molar-refractivity contribution is 0.393. The van der Waals surface area contributed by atoms with Crippen molar-refractivity contribution in [1.82, 2.24) is 9.97 Å². The third kappa shape index (κ3) is 3.32. The minimum Gasteiger partial charge on any atom is -0.270 e. The Bertz CT molecular complexity index is 828. The maximum Gasteiger partial charge on any atom is 0.299 e. The normalized spacial score (nSPS) is 11.7. The second kappa shape index (κ2) is 6.61. The minimum absolute atomic E-state index is 0.0546. The molecule has 1 aromatic carbocycles. The van der Waals surface area contributed by atoms with Crippen molar-refractivity contribution >= 4 is 37.8 Å². The van der Waals surface area contributed by atoms with Gasteiger partial charge in [-0.05, 0) is 47.3 Å². The summed E-state index contributed by atoms with van der Waals surface area (Å²) in [5, 5.41) is 0.473. The maximum absolute atomic E-state index is 14.7. The van der Waals surface area contributed by atoms with Gasteiger partial charge >= 0.3 is 0 Å². The molecular formula is C13H12BrFN2O3S2. The van der Waals surface area contributed by atoms with Crippen LogP contribution < -0.4 is 0 Å². The van der Waals surface area contributed by atoms with Gasteiger partial charge in [0.1, 0.15) is 4.90 Å². The van der Waals surface area contributed by atoms with Gasteiger partial charge in [0.15, 0.2) is 11.0 Å². The molecule has 22 heavy (non-hydrogen) atoms. The van der Waals surface area contributed by atoms with Crippen LogP contribution >= 0.6 is 27.7 Å². The number of hydrogen-bond donors (Lipinski definition) is 0. The third-order valence-corrected chi connectivity index (χ3v) is 5.32. The number of thioether (sulfide) groups is 1. The van der Waals surface area contributed by atoms with Gasteiger partial charge in [-0.25, -0.2) is 14.4 Å². The molecule has 0 radical (unpaired) electrons. The standard InChI is InChI=1S/C13H12BrFN2O3S2/c1-7-6-9(17-13(16-7)21-3)11-8(14)4-5-10(12(11)15)22(18,19)20-2/h4-6H,1-3H3. The van der Waals surface area contributed by atoms with Crippen LogP contribution in [0, 0.1) is 12.7 Å². The van der Waals surface area contributed by atoms with Crippen LogP contribution in [0.15, 0.2) is 32.7 Å². The lowest BCUT2D eigenvalue weighted by atomic mass is 10.1. The molecule has 2 aromatic rings. The van der Waals surface area contributed by atoms with Gasteiger partial charge in [-0.2, -0.15) is 8.42 Å². The molecule has 0 amide bonds. The van der Waals surface area contributed by atoms with E-state index in [9.17, 15) is 12.8 Å². The molecule has 0 aliphatic rings. The number of aryl methyl sites for hydroxylation is 1. The predicted molar refractivity (Wildman–Crippen MR) is 85.8 cm³/mol. The van der Waals surface area contributed by atoms with E-state index in [1.807, 2.05) is 0 Å². The van der Waals surface area contributed by atoms with Crippen molar-refractivity contribution in [3.05, 3.63) is 34.2 Å². The molecule has 118 valence electrons. The number of halogens is 2. The van der Waals surface area contributed by atoms with E-state index in [1.54, 1.807) is 19.2 Å². The zero-order valence-electron chi connectivity index (χ0n) is 11.9. The molecule has 0 unspecified atom stereocenters. The zero-order chi connectivity index (χ0) is 16.5. The van der Waals surface area contributed by atoms with Crippen LogP contribution in [0.4, 0.5) is 4.39 Å². The van der Waals surface area contributed by atoms with Crippen LogP contribution in [0.3, 0.4) is 0 Å². The Balaban J connectivity index is 2.76. The molecule has 0 saturated heterocycles. The van der Waals surface area contributed by atoms with Crippen molar-refractivity contribution in [2.75, 3.05) is 13.4 Å². The summed E-state index contributed by atoms with van der Waals surface area (Å²) in [5.74, 6) is -0.915. The summed E-state index contributed by atoms with van der Waals surface area (Å²) in [7, 11) is -3.16. The Morgan fingerprint density at radius 3 is 2.59 bits per heavy atom. The van der Waals surface area contributed by atoms with E-state index in [1.165, 1.54) is 17.8 Å². The molecule has 0 aliphatic carbocycles. The van der Waals surface area contributed by atoms with Gasteiger partial charge in [0, 0.05) is 10.2 Å². The van der Waals surface area contributed by atoms with E-state index in [2.05, 4.69) is 30.1 Å². The van der Waals surface area contributed by atoms with Crippen LogP contribution in [0.2, 0.25) is 0 Å². The van der Waals surface area contributed by atoms with Crippen molar-refractivity contribution in [2.45, 2.75) is 17.0 Å². The predicted octanol–water partition coefficient (Wildman–Crippen LogP) is 3.41. The highest BCUT2D eigenvalue weighted by Gasteiger charge is 2.24. The van der Waals surface area contributed by atoms with Crippen LogP contribution in [0.5, 0.6) is 0 Å². The number of aromatic nitrogens is 2. The van der Waals surface area contributed by atoms with Gasteiger partial charge in [0.05, 0.1) is 18.4 Å². The molecular weight excluding hydrogens is 395 g/mol. The SMILES string of the molecule is COS(=O)(=O)c1ccc(Br)c(-c2cc(C)nc(SC)n2)c1F. The zero-order valence-corrected chi connectivity index (χ0v) is 15.1. The third-order valence-electron chi connectivity index (χ3n) is 2.82. The van der Waals surface area contributed by atoms with Crippen LogP contribution in [-0.4, -0.2) is 31.8 Å². The van der Waals surface area contributed by atoms with Crippen molar-refractivity contribution < 1.29 is 17.0 Å². The highest BCUT2D eigenvalue weighted by Crippen LogP contribution is 2.34. The Morgan fingerprint density at radius 2 is 2.00 bits per heavy atom. The van der Waals surface area contributed by atoms with Crippen LogP contribution in [0.1, 0.15) is 5.69 Å². The molecule has 0 saturated carbocycles. The van der Waals surface area contributed by atoms with E-state index < -0.39 is 20.8 Å². The van der Waals surface area contributed by atoms with Crippen LogP contribution in [-0.2, 0) is 14.3 Å². The highest BCUT2D eigenvalue weighted by molar-refractivity contribution is 9.10. The van der Waals surface area contributed by atoms with E-state index in [0.29, 0.717) is 21.0 Å². The van der Waals surface area contributed by atoms with Gasteiger partial charge in [0.2, 0.25) is 0 Å². The number of rotatable bonds is 4.